The lowest BCUT2D eigenvalue weighted by atomic mass is 10.0. The summed E-state index contributed by atoms with van der Waals surface area (Å²) in [5.41, 5.74) is 1.50. The highest BCUT2D eigenvalue weighted by molar-refractivity contribution is 5.53. The second kappa shape index (κ2) is 5.38. The first-order valence-corrected chi connectivity index (χ1v) is 6.06. The van der Waals surface area contributed by atoms with Crippen LogP contribution in [0.15, 0.2) is 18.2 Å². The van der Waals surface area contributed by atoms with Gasteiger partial charge in [0, 0.05) is 17.8 Å². The molecular formula is C13H19NO3. The van der Waals surface area contributed by atoms with E-state index in [4.69, 9.17) is 5.11 Å². The number of anilines is 1. The lowest BCUT2D eigenvalue weighted by Gasteiger charge is -2.36. The Bertz CT molecular complexity index is 381. The molecule has 3 N–H and O–H groups in total. The number of rotatable bonds is 3. The Hall–Kier alpha value is -1.26. The highest BCUT2D eigenvalue weighted by Crippen LogP contribution is 2.28. The van der Waals surface area contributed by atoms with Crippen LogP contribution in [0.1, 0.15) is 24.8 Å². The van der Waals surface area contributed by atoms with Crippen LogP contribution in [-0.4, -0.2) is 34.5 Å². The highest BCUT2D eigenvalue weighted by atomic mass is 16.3. The van der Waals surface area contributed by atoms with Gasteiger partial charge in [-0.15, -0.1) is 0 Å². The maximum absolute atomic E-state index is 9.53. The number of benzene rings is 1. The number of nitrogens with zero attached hydrogens (tertiary/aromatic N) is 1. The van der Waals surface area contributed by atoms with Gasteiger partial charge in [0.1, 0.15) is 5.75 Å². The summed E-state index contributed by atoms with van der Waals surface area (Å²) >= 11 is 0. The number of hydrogen-bond donors (Lipinski definition) is 3. The van der Waals surface area contributed by atoms with Crippen LogP contribution in [0.4, 0.5) is 5.69 Å². The molecule has 0 amide bonds. The third kappa shape index (κ3) is 2.53. The van der Waals surface area contributed by atoms with Crippen LogP contribution in [0.5, 0.6) is 5.75 Å². The Balaban J connectivity index is 2.25. The van der Waals surface area contributed by atoms with Gasteiger partial charge < -0.3 is 20.2 Å². The van der Waals surface area contributed by atoms with Gasteiger partial charge in [0.15, 0.2) is 0 Å². The Kier molecular flexibility index (Phi) is 3.86. The van der Waals surface area contributed by atoms with Crippen LogP contribution in [0.2, 0.25) is 0 Å². The molecule has 2 rings (SSSR count). The highest BCUT2D eigenvalue weighted by Gasteiger charge is 2.22. The summed E-state index contributed by atoms with van der Waals surface area (Å²) in [6.45, 7) is 0.896. The van der Waals surface area contributed by atoms with E-state index in [2.05, 4.69) is 4.90 Å². The Morgan fingerprint density at radius 3 is 2.76 bits per heavy atom. The third-order valence-corrected chi connectivity index (χ3v) is 3.40. The van der Waals surface area contributed by atoms with E-state index in [1.54, 1.807) is 12.1 Å². The van der Waals surface area contributed by atoms with Crippen molar-refractivity contribution in [2.24, 2.45) is 0 Å². The molecule has 1 aliphatic heterocycles. The van der Waals surface area contributed by atoms with Gasteiger partial charge in [-0.2, -0.15) is 0 Å². The van der Waals surface area contributed by atoms with Gasteiger partial charge >= 0.3 is 0 Å². The molecule has 4 nitrogen and oxygen atoms in total. The minimum absolute atomic E-state index is 0.119. The van der Waals surface area contributed by atoms with Gasteiger partial charge in [-0.1, -0.05) is 0 Å². The van der Waals surface area contributed by atoms with Crippen LogP contribution in [-0.2, 0) is 6.61 Å². The van der Waals surface area contributed by atoms with Gasteiger partial charge in [-0.05, 0) is 37.5 Å². The predicted octanol–water partition coefficient (Wildman–Crippen LogP) is 1.24. The SMILES string of the molecule is OCc1cc(N2CCCCC2CO)ccc1O. The van der Waals surface area contributed by atoms with Crippen molar-refractivity contribution in [1.82, 2.24) is 0 Å². The summed E-state index contributed by atoms with van der Waals surface area (Å²) in [6, 6.07) is 5.38. The predicted molar refractivity (Wildman–Crippen MR) is 66.1 cm³/mol. The number of aromatic hydroxyl groups is 1. The molecule has 1 heterocycles. The van der Waals surface area contributed by atoms with Crippen molar-refractivity contribution in [1.29, 1.82) is 0 Å². The number of aliphatic hydroxyl groups excluding tert-OH is 2. The molecule has 1 aromatic carbocycles. The van der Waals surface area contributed by atoms with Crippen molar-refractivity contribution in [2.75, 3.05) is 18.1 Å². The zero-order chi connectivity index (χ0) is 12.3. The molecule has 0 radical (unpaired) electrons. The van der Waals surface area contributed by atoms with E-state index in [0.29, 0.717) is 5.56 Å². The molecule has 0 saturated carbocycles. The van der Waals surface area contributed by atoms with Crippen molar-refractivity contribution in [3.63, 3.8) is 0 Å². The molecule has 1 unspecified atom stereocenters. The van der Waals surface area contributed by atoms with Gasteiger partial charge in [0.05, 0.1) is 19.3 Å². The second-order valence-corrected chi connectivity index (χ2v) is 4.50. The molecule has 1 fully saturated rings. The summed E-state index contributed by atoms with van der Waals surface area (Å²) in [5, 5.41) is 28.0. The molecular weight excluding hydrogens is 218 g/mol. The summed E-state index contributed by atoms with van der Waals surface area (Å²) in [7, 11) is 0. The van der Waals surface area contributed by atoms with Gasteiger partial charge in [0.2, 0.25) is 0 Å². The summed E-state index contributed by atoms with van der Waals surface area (Å²) in [6.07, 6.45) is 3.25. The fraction of sp³-hybridized carbons (Fsp3) is 0.538. The molecule has 0 aliphatic carbocycles. The van der Waals surface area contributed by atoms with E-state index in [1.165, 1.54) is 0 Å². The lowest BCUT2D eigenvalue weighted by Crippen LogP contribution is -2.41. The van der Waals surface area contributed by atoms with Crippen LogP contribution in [0, 0.1) is 0 Å². The van der Waals surface area contributed by atoms with E-state index in [1.807, 2.05) is 6.07 Å². The van der Waals surface area contributed by atoms with Crippen LogP contribution < -0.4 is 4.90 Å². The van der Waals surface area contributed by atoms with Crippen LogP contribution in [0.25, 0.3) is 0 Å². The minimum atomic E-state index is -0.169. The van der Waals surface area contributed by atoms with Crippen LogP contribution >= 0.6 is 0 Å². The van der Waals surface area contributed by atoms with E-state index in [0.717, 1.165) is 31.5 Å². The first-order valence-electron chi connectivity index (χ1n) is 6.06. The van der Waals surface area contributed by atoms with E-state index < -0.39 is 0 Å². The largest absolute Gasteiger partial charge is 0.508 e. The molecule has 1 saturated heterocycles. The average molecular weight is 237 g/mol. The Morgan fingerprint density at radius 2 is 2.06 bits per heavy atom. The second-order valence-electron chi connectivity index (χ2n) is 4.50. The molecule has 1 atom stereocenters. The summed E-state index contributed by atoms with van der Waals surface area (Å²) in [4.78, 5) is 2.15. The molecule has 94 valence electrons. The van der Waals surface area contributed by atoms with Gasteiger partial charge in [-0.3, -0.25) is 0 Å². The minimum Gasteiger partial charge on any atom is -0.508 e. The lowest BCUT2D eigenvalue weighted by molar-refractivity contribution is 0.240. The maximum atomic E-state index is 9.53. The first-order chi connectivity index (χ1) is 8.26. The van der Waals surface area contributed by atoms with Crippen molar-refractivity contribution in [2.45, 2.75) is 31.9 Å². The monoisotopic (exact) mass is 237 g/mol. The zero-order valence-electron chi connectivity index (χ0n) is 9.84. The summed E-state index contributed by atoms with van der Waals surface area (Å²) in [5.74, 6) is 0.119. The maximum Gasteiger partial charge on any atom is 0.121 e. The fourth-order valence-corrected chi connectivity index (χ4v) is 2.41. The summed E-state index contributed by atoms with van der Waals surface area (Å²) < 4.78 is 0. The molecule has 4 heteroatoms. The van der Waals surface area contributed by atoms with Crippen molar-refractivity contribution < 1.29 is 15.3 Å². The van der Waals surface area contributed by atoms with Gasteiger partial charge in [0.25, 0.3) is 0 Å². The standard InChI is InChI=1S/C13H19NO3/c15-8-10-7-11(4-5-13(10)17)14-6-2-1-3-12(14)9-16/h4-5,7,12,15-17H,1-3,6,8-9H2. The number of piperidine rings is 1. The average Bonchev–Trinajstić information content (AvgIpc) is 2.39. The normalized spacial score (nSPS) is 20.6. The molecule has 0 bridgehead atoms. The Morgan fingerprint density at radius 1 is 1.24 bits per heavy atom. The number of phenols is 1. The first kappa shape index (κ1) is 12.2. The van der Waals surface area contributed by atoms with Crippen molar-refractivity contribution in [3.8, 4) is 5.75 Å². The molecule has 0 spiro atoms. The molecule has 1 aromatic rings. The zero-order valence-corrected chi connectivity index (χ0v) is 9.84. The molecule has 0 aromatic heterocycles. The number of aliphatic hydroxyl groups is 2. The fourth-order valence-electron chi connectivity index (χ4n) is 2.41. The van der Waals surface area contributed by atoms with E-state index in [-0.39, 0.29) is 25.0 Å². The number of hydrogen-bond acceptors (Lipinski definition) is 4. The quantitative estimate of drug-likeness (QED) is 0.740. The molecule has 17 heavy (non-hydrogen) atoms. The smallest absolute Gasteiger partial charge is 0.121 e. The third-order valence-electron chi connectivity index (χ3n) is 3.40. The Labute approximate surface area is 101 Å². The van der Waals surface area contributed by atoms with Gasteiger partial charge in [-0.25, -0.2) is 0 Å². The van der Waals surface area contributed by atoms with Crippen LogP contribution in [0.3, 0.4) is 0 Å². The molecule has 1 aliphatic rings. The van der Waals surface area contributed by atoms with Crippen molar-refractivity contribution in [3.05, 3.63) is 23.8 Å². The van der Waals surface area contributed by atoms with E-state index >= 15 is 0 Å². The van der Waals surface area contributed by atoms with Crippen molar-refractivity contribution >= 4 is 5.69 Å². The van der Waals surface area contributed by atoms with E-state index in [9.17, 15) is 10.2 Å². The topological polar surface area (TPSA) is 63.9 Å².